The summed E-state index contributed by atoms with van der Waals surface area (Å²) in [6.07, 6.45) is 5.04. The summed E-state index contributed by atoms with van der Waals surface area (Å²) < 4.78 is 5.92. The highest BCUT2D eigenvalue weighted by molar-refractivity contribution is 5.85. The number of ether oxygens (including phenoxy) is 1. The van der Waals surface area contributed by atoms with Crippen molar-refractivity contribution in [2.24, 2.45) is 0 Å². The molecule has 2 atom stereocenters. The van der Waals surface area contributed by atoms with Crippen molar-refractivity contribution in [3.8, 4) is 0 Å². The van der Waals surface area contributed by atoms with Crippen LogP contribution in [0.15, 0.2) is 36.7 Å². The quantitative estimate of drug-likeness (QED) is 0.834. The van der Waals surface area contributed by atoms with Gasteiger partial charge in [-0.2, -0.15) is 0 Å². The molecule has 3 heteroatoms. The van der Waals surface area contributed by atoms with E-state index in [0.29, 0.717) is 0 Å². The van der Waals surface area contributed by atoms with Crippen LogP contribution in [0.4, 0.5) is 0 Å². The van der Waals surface area contributed by atoms with E-state index in [0.717, 1.165) is 19.6 Å². The standard InChI is InChI=1S/C17H24N2O/c1-4-16(20-6-3)17(19-5-2)15-12-18-11-13-9-7-8-10-14(13)15/h7-12,16-17,19H,4-6H2,1-3H3. The molecule has 1 N–H and O–H groups in total. The first kappa shape index (κ1) is 14.9. The molecule has 0 aliphatic rings. The van der Waals surface area contributed by atoms with Gasteiger partial charge in [0.15, 0.2) is 0 Å². The molecule has 3 nitrogen and oxygen atoms in total. The van der Waals surface area contributed by atoms with E-state index in [-0.39, 0.29) is 12.1 Å². The van der Waals surface area contributed by atoms with Crippen LogP contribution in [0.5, 0.6) is 0 Å². The van der Waals surface area contributed by atoms with Gasteiger partial charge in [-0.1, -0.05) is 38.1 Å². The van der Waals surface area contributed by atoms with Crippen LogP contribution in [0.1, 0.15) is 38.8 Å². The molecular weight excluding hydrogens is 248 g/mol. The summed E-state index contributed by atoms with van der Waals surface area (Å²) in [6, 6.07) is 8.58. The highest BCUT2D eigenvalue weighted by Gasteiger charge is 2.23. The van der Waals surface area contributed by atoms with Gasteiger partial charge >= 0.3 is 0 Å². The molecule has 0 bridgehead atoms. The Morgan fingerprint density at radius 3 is 2.65 bits per heavy atom. The fourth-order valence-electron chi connectivity index (χ4n) is 2.71. The average molecular weight is 272 g/mol. The second kappa shape index (κ2) is 7.36. The summed E-state index contributed by atoms with van der Waals surface area (Å²) in [5.41, 5.74) is 1.23. The lowest BCUT2D eigenvalue weighted by Gasteiger charge is -2.28. The first-order valence-electron chi connectivity index (χ1n) is 7.49. The van der Waals surface area contributed by atoms with Gasteiger partial charge in [0.05, 0.1) is 12.1 Å². The lowest BCUT2D eigenvalue weighted by molar-refractivity contribution is 0.0321. The third-order valence-electron chi connectivity index (χ3n) is 3.61. The zero-order chi connectivity index (χ0) is 14.4. The number of rotatable bonds is 7. The minimum absolute atomic E-state index is 0.174. The molecule has 2 unspecified atom stereocenters. The highest BCUT2D eigenvalue weighted by atomic mass is 16.5. The summed E-state index contributed by atoms with van der Waals surface area (Å²) >= 11 is 0. The number of pyridine rings is 1. The van der Waals surface area contributed by atoms with E-state index in [1.807, 2.05) is 19.3 Å². The van der Waals surface area contributed by atoms with Crippen LogP contribution in [0.25, 0.3) is 10.8 Å². The number of hydrogen-bond acceptors (Lipinski definition) is 3. The molecular formula is C17H24N2O. The second-order valence-corrected chi connectivity index (χ2v) is 4.89. The minimum atomic E-state index is 0.174. The van der Waals surface area contributed by atoms with Crippen molar-refractivity contribution in [3.63, 3.8) is 0 Å². The number of hydrogen-bond donors (Lipinski definition) is 1. The fourth-order valence-corrected chi connectivity index (χ4v) is 2.71. The van der Waals surface area contributed by atoms with Gasteiger partial charge in [0.25, 0.3) is 0 Å². The third kappa shape index (κ3) is 3.17. The van der Waals surface area contributed by atoms with Crippen molar-refractivity contribution in [1.29, 1.82) is 0 Å². The van der Waals surface area contributed by atoms with E-state index < -0.39 is 0 Å². The van der Waals surface area contributed by atoms with Crippen LogP contribution in [0, 0.1) is 0 Å². The van der Waals surface area contributed by atoms with Crippen molar-refractivity contribution in [1.82, 2.24) is 10.3 Å². The molecule has 108 valence electrons. The largest absolute Gasteiger partial charge is 0.377 e. The molecule has 0 saturated carbocycles. The normalized spacial score (nSPS) is 14.3. The van der Waals surface area contributed by atoms with E-state index >= 15 is 0 Å². The average Bonchev–Trinajstić information content (AvgIpc) is 2.50. The van der Waals surface area contributed by atoms with Crippen LogP contribution in [0.2, 0.25) is 0 Å². The van der Waals surface area contributed by atoms with Crippen molar-refractivity contribution in [2.75, 3.05) is 13.2 Å². The SMILES string of the molecule is CCNC(c1cncc2ccccc12)C(CC)OCC. The van der Waals surface area contributed by atoms with Crippen molar-refractivity contribution in [2.45, 2.75) is 39.3 Å². The third-order valence-corrected chi connectivity index (χ3v) is 3.61. The first-order valence-corrected chi connectivity index (χ1v) is 7.49. The molecule has 0 fully saturated rings. The van der Waals surface area contributed by atoms with Gasteiger partial charge in [0.2, 0.25) is 0 Å². The monoisotopic (exact) mass is 272 g/mol. The lowest BCUT2D eigenvalue weighted by atomic mass is 9.96. The smallest absolute Gasteiger partial charge is 0.0767 e. The molecule has 2 rings (SSSR count). The Balaban J connectivity index is 2.45. The van der Waals surface area contributed by atoms with Crippen molar-refractivity contribution < 1.29 is 4.74 Å². The molecule has 20 heavy (non-hydrogen) atoms. The van der Waals surface area contributed by atoms with Crippen LogP contribution in [0.3, 0.4) is 0 Å². The maximum atomic E-state index is 5.92. The molecule has 0 aliphatic heterocycles. The number of fused-ring (bicyclic) bond motifs is 1. The number of likely N-dealkylation sites (N-methyl/N-ethyl adjacent to an activating group) is 1. The van der Waals surface area contributed by atoms with Gasteiger partial charge in [0, 0.05) is 24.4 Å². The predicted molar refractivity (Wildman–Crippen MR) is 83.9 cm³/mol. The van der Waals surface area contributed by atoms with Crippen molar-refractivity contribution in [3.05, 3.63) is 42.2 Å². The summed E-state index contributed by atoms with van der Waals surface area (Å²) in [5.74, 6) is 0. The molecule has 1 aromatic carbocycles. The Hall–Kier alpha value is -1.45. The Kier molecular flexibility index (Phi) is 5.50. The maximum absolute atomic E-state index is 5.92. The number of nitrogens with zero attached hydrogens (tertiary/aromatic N) is 1. The van der Waals surface area contributed by atoms with Gasteiger partial charge in [-0.05, 0) is 30.8 Å². The maximum Gasteiger partial charge on any atom is 0.0767 e. The topological polar surface area (TPSA) is 34.2 Å². The summed E-state index contributed by atoms with van der Waals surface area (Å²) in [6.45, 7) is 8.00. The van der Waals surface area contributed by atoms with E-state index in [1.54, 1.807) is 0 Å². The molecule has 1 heterocycles. The van der Waals surface area contributed by atoms with Crippen molar-refractivity contribution >= 4 is 10.8 Å². The van der Waals surface area contributed by atoms with Crippen LogP contribution >= 0.6 is 0 Å². The first-order chi connectivity index (χ1) is 9.81. The predicted octanol–water partition coefficient (Wildman–Crippen LogP) is 3.70. The highest BCUT2D eigenvalue weighted by Crippen LogP contribution is 2.27. The molecule has 0 radical (unpaired) electrons. The van der Waals surface area contributed by atoms with E-state index in [2.05, 4.69) is 48.4 Å². The summed E-state index contributed by atoms with van der Waals surface area (Å²) in [4.78, 5) is 4.40. The summed E-state index contributed by atoms with van der Waals surface area (Å²) in [5, 5.41) is 6.00. The molecule has 0 spiro atoms. The Morgan fingerprint density at radius 1 is 1.15 bits per heavy atom. The zero-order valence-corrected chi connectivity index (χ0v) is 12.6. The molecule has 0 aliphatic carbocycles. The lowest BCUT2D eigenvalue weighted by Crippen LogP contribution is -2.33. The molecule has 2 aromatic rings. The molecule has 1 aromatic heterocycles. The minimum Gasteiger partial charge on any atom is -0.377 e. The molecule has 0 saturated heterocycles. The zero-order valence-electron chi connectivity index (χ0n) is 12.6. The van der Waals surface area contributed by atoms with E-state index in [9.17, 15) is 0 Å². The second-order valence-electron chi connectivity index (χ2n) is 4.89. The Bertz CT molecular complexity index is 536. The number of aromatic nitrogens is 1. The van der Waals surface area contributed by atoms with E-state index in [4.69, 9.17) is 4.74 Å². The molecule has 0 amide bonds. The number of nitrogens with one attached hydrogen (secondary N) is 1. The van der Waals surface area contributed by atoms with E-state index in [1.165, 1.54) is 16.3 Å². The van der Waals surface area contributed by atoms with Gasteiger partial charge in [-0.25, -0.2) is 0 Å². The fraction of sp³-hybridized carbons (Fsp3) is 0.471. The van der Waals surface area contributed by atoms with Gasteiger partial charge in [-0.15, -0.1) is 0 Å². The Morgan fingerprint density at radius 2 is 1.95 bits per heavy atom. The summed E-state index contributed by atoms with van der Waals surface area (Å²) in [7, 11) is 0. The van der Waals surface area contributed by atoms with Crippen LogP contribution in [-0.4, -0.2) is 24.2 Å². The van der Waals surface area contributed by atoms with Gasteiger partial charge < -0.3 is 10.1 Å². The van der Waals surface area contributed by atoms with Crippen LogP contribution < -0.4 is 5.32 Å². The van der Waals surface area contributed by atoms with Gasteiger partial charge in [0.1, 0.15) is 0 Å². The Labute approximate surface area is 121 Å². The van der Waals surface area contributed by atoms with Gasteiger partial charge in [-0.3, -0.25) is 4.98 Å². The van der Waals surface area contributed by atoms with Crippen LogP contribution in [-0.2, 0) is 4.74 Å². The number of benzene rings is 1.